The standard InChI is InChI=1S/C21H26N4O3/c1-15-17(20(27)23-21(22-15)24-11-13-28-14-12-24)8-9-19(26)25-10-4-6-16-5-2-3-7-18(16)25/h2-3,5,7H,4,6,8-14H2,1H3,(H,22,23,27). The number of rotatable bonds is 4. The SMILES string of the molecule is Cc1nc(N2CCOCC2)[nH]c(=O)c1CCC(=O)N1CCCc2ccccc21. The van der Waals surface area contributed by atoms with Crippen molar-refractivity contribution in [3.63, 3.8) is 0 Å². The van der Waals surface area contributed by atoms with E-state index in [-0.39, 0.29) is 11.5 Å². The topological polar surface area (TPSA) is 78.5 Å². The van der Waals surface area contributed by atoms with Gasteiger partial charge in [0, 0.05) is 43.0 Å². The number of hydrogen-bond donors (Lipinski definition) is 1. The quantitative estimate of drug-likeness (QED) is 0.873. The molecule has 7 heteroatoms. The first-order valence-corrected chi connectivity index (χ1v) is 9.94. The van der Waals surface area contributed by atoms with Crippen LogP contribution in [0.3, 0.4) is 0 Å². The summed E-state index contributed by atoms with van der Waals surface area (Å²) in [7, 11) is 0. The van der Waals surface area contributed by atoms with Gasteiger partial charge in [0.25, 0.3) is 5.56 Å². The second kappa shape index (κ2) is 8.14. The summed E-state index contributed by atoms with van der Waals surface area (Å²) in [6, 6.07) is 8.06. The second-order valence-corrected chi connectivity index (χ2v) is 7.33. The number of benzene rings is 1. The Morgan fingerprint density at radius 3 is 2.79 bits per heavy atom. The number of carbonyl (C=O) groups is 1. The van der Waals surface area contributed by atoms with Crippen LogP contribution < -0.4 is 15.4 Å². The molecule has 3 heterocycles. The maximum atomic E-state index is 12.8. The number of hydrogen-bond acceptors (Lipinski definition) is 5. The number of fused-ring (bicyclic) bond motifs is 1. The van der Waals surface area contributed by atoms with Gasteiger partial charge in [-0.05, 0) is 37.8 Å². The van der Waals surface area contributed by atoms with Crippen molar-refractivity contribution in [1.82, 2.24) is 9.97 Å². The van der Waals surface area contributed by atoms with Gasteiger partial charge in [0.15, 0.2) is 0 Å². The minimum Gasteiger partial charge on any atom is -0.378 e. The third-order valence-electron chi connectivity index (χ3n) is 5.52. The lowest BCUT2D eigenvalue weighted by Gasteiger charge is -2.29. The van der Waals surface area contributed by atoms with Gasteiger partial charge in [0.2, 0.25) is 11.9 Å². The highest BCUT2D eigenvalue weighted by Crippen LogP contribution is 2.27. The van der Waals surface area contributed by atoms with E-state index in [0.29, 0.717) is 56.4 Å². The lowest BCUT2D eigenvalue weighted by molar-refractivity contribution is -0.118. The number of ether oxygens (including phenoxy) is 1. The minimum absolute atomic E-state index is 0.0585. The fourth-order valence-electron chi connectivity index (χ4n) is 3.97. The number of aromatic nitrogens is 2. The molecule has 0 atom stereocenters. The largest absolute Gasteiger partial charge is 0.378 e. The van der Waals surface area contributed by atoms with Gasteiger partial charge >= 0.3 is 0 Å². The molecule has 28 heavy (non-hydrogen) atoms. The van der Waals surface area contributed by atoms with Gasteiger partial charge in [-0.3, -0.25) is 14.6 Å². The first kappa shape index (κ1) is 18.7. The van der Waals surface area contributed by atoms with E-state index in [1.54, 1.807) is 0 Å². The Morgan fingerprint density at radius 2 is 2.00 bits per heavy atom. The van der Waals surface area contributed by atoms with Crippen LogP contribution >= 0.6 is 0 Å². The molecular weight excluding hydrogens is 356 g/mol. The third kappa shape index (κ3) is 3.80. The molecule has 2 aromatic rings. The van der Waals surface area contributed by atoms with Crippen molar-refractivity contribution in [2.75, 3.05) is 42.6 Å². The van der Waals surface area contributed by atoms with E-state index in [0.717, 1.165) is 25.1 Å². The Hall–Kier alpha value is -2.67. The van der Waals surface area contributed by atoms with Crippen molar-refractivity contribution in [1.29, 1.82) is 0 Å². The average molecular weight is 382 g/mol. The number of nitrogens with one attached hydrogen (secondary N) is 1. The Morgan fingerprint density at radius 1 is 1.21 bits per heavy atom. The number of para-hydroxylation sites is 1. The van der Waals surface area contributed by atoms with E-state index >= 15 is 0 Å². The number of anilines is 2. The summed E-state index contributed by atoms with van der Waals surface area (Å²) in [6.45, 7) is 5.28. The predicted octanol–water partition coefficient (Wildman–Crippen LogP) is 1.83. The molecule has 1 amide bonds. The smallest absolute Gasteiger partial charge is 0.255 e. The molecule has 0 aliphatic carbocycles. The molecule has 0 saturated carbocycles. The highest BCUT2D eigenvalue weighted by Gasteiger charge is 2.23. The Bertz CT molecular complexity index is 918. The predicted molar refractivity (Wildman–Crippen MR) is 108 cm³/mol. The minimum atomic E-state index is -0.152. The monoisotopic (exact) mass is 382 g/mol. The van der Waals surface area contributed by atoms with Gasteiger partial charge in [0.1, 0.15) is 0 Å². The molecule has 1 N–H and O–H groups in total. The molecule has 1 fully saturated rings. The third-order valence-corrected chi connectivity index (χ3v) is 5.52. The van der Waals surface area contributed by atoms with E-state index in [4.69, 9.17) is 4.74 Å². The van der Waals surface area contributed by atoms with Crippen LogP contribution in [0.25, 0.3) is 0 Å². The number of amides is 1. The van der Waals surface area contributed by atoms with Crippen LogP contribution in [0.5, 0.6) is 0 Å². The van der Waals surface area contributed by atoms with Gasteiger partial charge < -0.3 is 14.5 Å². The zero-order chi connectivity index (χ0) is 19.5. The van der Waals surface area contributed by atoms with Gasteiger partial charge in [0.05, 0.1) is 13.2 Å². The number of aryl methyl sites for hydroxylation is 2. The first-order valence-electron chi connectivity index (χ1n) is 9.94. The van der Waals surface area contributed by atoms with Crippen molar-refractivity contribution in [3.8, 4) is 0 Å². The van der Waals surface area contributed by atoms with E-state index < -0.39 is 0 Å². The van der Waals surface area contributed by atoms with Crippen LogP contribution in [0.15, 0.2) is 29.1 Å². The van der Waals surface area contributed by atoms with Gasteiger partial charge in [-0.1, -0.05) is 18.2 Å². The Labute approximate surface area is 164 Å². The summed E-state index contributed by atoms with van der Waals surface area (Å²) in [5, 5.41) is 0. The maximum Gasteiger partial charge on any atom is 0.255 e. The highest BCUT2D eigenvalue weighted by molar-refractivity contribution is 5.94. The molecule has 4 rings (SSSR count). The molecule has 0 spiro atoms. The number of morpholine rings is 1. The highest BCUT2D eigenvalue weighted by atomic mass is 16.5. The van der Waals surface area contributed by atoms with Crippen LogP contribution in [0.2, 0.25) is 0 Å². The zero-order valence-corrected chi connectivity index (χ0v) is 16.2. The number of nitrogens with zero attached hydrogens (tertiary/aromatic N) is 3. The van der Waals surface area contributed by atoms with E-state index in [9.17, 15) is 9.59 Å². The van der Waals surface area contributed by atoms with Gasteiger partial charge in [-0.15, -0.1) is 0 Å². The first-order chi connectivity index (χ1) is 13.6. The lowest BCUT2D eigenvalue weighted by Crippen LogP contribution is -2.39. The molecular formula is C21H26N4O3. The number of carbonyl (C=O) groups excluding carboxylic acids is 1. The van der Waals surface area contributed by atoms with Crippen molar-refractivity contribution < 1.29 is 9.53 Å². The van der Waals surface area contributed by atoms with Crippen LogP contribution in [0.4, 0.5) is 11.6 Å². The fraction of sp³-hybridized carbons (Fsp3) is 0.476. The Kier molecular flexibility index (Phi) is 5.43. The molecule has 0 unspecified atom stereocenters. The molecule has 0 radical (unpaired) electrons. The van der Waals surface area contributed by atoms with Crippen LogP contribution in [-0.4, -0.2) is 48.7 Å². The molecule has 2 aliphatic rings. The van der Waals surface area contributed by atoms with Crippen LogP contribution in [0, 0.1) is 6.92 Å². The van der Waals surface area contributed by atoms with Crippen molar-refractivity contribution >= 4 is 17.5 Å². The summed E-state index contributed by atoms with van der Waals surface area (Å²) < 4.78 is 5.35. The van der Waals surface area contributed by atoms with E-state index in [2.05, 4.69) is 16.0 Å². The van der Waals surface area contributed by atoms with Crippen molar-refractivity contribution in [3.05, 3.63) is 51.4 Å². The molecule has 1 aromatic carbocycles. The lowest BCUT2D eigenvalue weighted by atomic mass is 10.0. The number of aromatic amines is 1. The summed E-state index contributed by atoms with van der Waals surface area (Å²) in [4.78, 5) is 36.8. The summed E-state index contributed by atoms with van der Waals surface area (Å²) in [5.41, 5.74) is 3.35. The molecule has 1 aromatic heterocycles. The molecule has 1 saturated heterocycles. The fourth-order valence-corrected chi connectivity index (χ4v) is 3.97. The van der Waals surface area contributed by atoms with E-state index in [1.807, 2.05) is 34.9 Å². The molecule has 0 bridgehead atoms. The Balaban J connectivity index is 1.46. The summed E-state index contributed by atoms with van der Waals surface area (Å²) in [6.07, 6.45) is 2.68. The summed E-state index contributed by atoms with van der Waals surface area (Å²) >= 11 is 0. The zero-order valence-electron chi connectivity index (χ0n) is 16.2. The number of H-pyrrole nitrogens is 1. The second-order valence-electron chi connectivity index (χ2n) is 7.33. The van der Waals surface area contributed by atoms with E-state index in [1.165, 1.54) is 5.56 Å². The van der Waals surface area contributed by atoms with Crippen LogP contribution in [0.1, 0.15) is 29.7 Å². The van der Waals surface area contributed by atoms with Crippen LogP contribution in [-0.2, 0) is 22.4 Å². The molecule has 7 nitrogen and oxygen atoms in total. The van der Waals surface area contributed by atoms with Gasteiger partial charge in [-0.2, -0.15) is 0 Å². The molecule has 2 aliphatic heterocycles. The maximum absolute atomic E-state index is 12.8. The summed E-state index contributed by atoms with van der Waals surface area (Å²) in [5.74, 6) is 0.647. The van der Waals surface area contributed by atoms with Gasteiger partial charge in [-0.25, -0.2) is 4.98 Å². The molecule has 148 valence electrons. The van der Waals surface area contributed by atoms with Crippen molar-refractivity contribution in [2.45, 2.75) is 32.6 Å². The average Bonchev–Trinajstić information content (AvgIpc) is 2.73. The normalized spacial score (nSPS) is 16.8. The van der Waals surface area contributed by atoms with Crippen molar-refractivity contribution in [2.24, 2.45) is 0 Å².